The van der Waals surface area contributed by atoms with E-state index >= 15 is 0 Å². The highest BCUT2D eigenvalue weighted by Gasteiger charge is 2.17. The van der Waals surface area contributed by atoms with Gasteiger partial charge >= 0.3 is 5.97 Å². The van der Waals surface area contributed by atoms with Crippen LogP contribution in [-0.2, 0) is 9.53 Å². The first kappa shape index (κ1) is 16.1. The van der Waals surface area contributed by atoms with Crippen LogP contribution in [0.3, 0.4) is 0 Å². The Kier molecular flexibility index (Phi) is 6.70. The average molecular weight is 281 g/mol. The lowest BCUT2D eigenvalue weighted by molar-refractivity contribution is -0.145. The van der Waals surface area contributed by atoms with Gasteiger partial charge in [0, 0.05) is 5.56 Å². The Labute approximate surface area is 118 Å². The van der Waals surface area contributed by atoms with E-state index in [0.29, 0.717) is 12.2 Å². The molecule has 1 N–H and O–H groups in total. The Bertz CT molecular complexity index is 445. The summed E-state index contributed by atoms with van der Waals surface area (Å²) in [5.41, 5.74) is 0.303. The molecule has 1 aromatic carbocycles. The molecular weight excluding hydrogens is 261 g/mol. The van der Waals surface area contributed by atoms with E-state index < -0.39 is 23.7 Å². The molecule has 0 aliphatic heterocycles. The lowest BCUT2D eigenvalue weighted by Gasteiger charge is -2.13. The number of carbonyl (C=O) groups excluding carboxylic acids is 2. The van der Waals surface area contributed by atoms with Gasteiger partial charge in [0.2, 0.25) is 0 Å². The number of carbonyl (C=O) groups is 2. The number of hydrogen-bond acceptors (Lipinski definition) is 3. The standard InChI is InChI=1S/C15H20FNO3/c1-3-4-5-10-20-15(19)11(2)17-14(18)12-6-8-13(16)9-7-12/h6-9,11H,3-5,10H2,1-2H3,(H,17,18)/t11-/m0/s1. The van der Waals surface area contributed by atoms with Gasteiger partial charge in [-0.2, -0.15) is 0 Å². The van der Waals surface area contributed by atoms with Crippen LogP contribution in [0.4, 0.5) is 4.39 Å². The number of nitrogens with one attached hydrogen (secondary N) is 1. The normalized spacial score (nSPS) is 11.8. The number of unbranched alkanes of at least 4 members (excludes halogenated alkanes) is 2. The van der Waals surface area contributed by atoms with Gasteiger partial charge in [0.05, 0.1) is 6.61 Å². The maximum atomic E-state index is 12.7. The van der Waals surface area contributed by atoms with E-state index in [4.69, 9.17) is 4.74 Å². The van der Waals surface area contributed by atoms with Crippen LogP contribution in [0.25, 0.3) is 0 Å². The van der Waals surface area contributed by atoms with Crippen molar-refractivity contribution in [3.05, 3.63) is 35.6 Å². The number of amides is 1. The highest BCUT2D eigenvalue weighted by Crippen LogP contribution is 2.03. The molecule has 0 spiro atoms. The first-order valence-electron chi connectivity index (χ1n) is 6.77. The Hall–Kier alpha value is -1.91. The lowest BCUT2D eigenvalue weighted by atomic mass is 10.2. The molecule has 1 amide bonds. The summed E-state index contributed by atoms with van der Waals surface area (Å²) in [6.45, 7) is 3.99. The largest absolute Gasteiger partial charge is 0.464 e. The molecule has 0 saturated carbocycles. The summed E-state index contributed by atoms with van der Waals surface area (Å²) in [6.07, 6.45) is 2.87. The van der Waals surface area contributed by atoms with Gasteiger partial charge in [0.15, 0.2) is 0 Å². The minimum atomic E-state index is -0.728. The molecule has 1 atom stereocenters. The smallest absolute Gasteiger partial charge is 0.328 e. The van der Waals surface area contributed by atoms with E-state index in [1.807, 2.05) is 0 Å². The zero-order valence-corrected chi connectivity index (χ0v) is 11.8. The fraction of sp³-hybridized carbons (Fsp3) is 0.467. The molecule has 5 heteroatoms. The molecule has 20 heavy (non-hydrogen) atoms. The van der Waals surface area contributed by atoms with E-state index in [-0.39, 0.29) is 0 Å². The topological polar surface area (TPSA) is 55.4 Å². The first-order chi connectivity index (χ1) is 9.54. The van der Waals surface area contributed by atoms with E-state index in [0.717, 1.165) is 19.3 Å². The summed E-state index contributed by atoms with van der Waals surface area (Å²) in [5, 5.41) is 2.52. The van der Waals surface area contributed by atoms with Crippen molar-refractivity contribution < 1.29 is 18.7 Å². The molecule has 4 nitrogen and oxygen atoms in total. The van der Waals surface area contributed by atoms with Crippen molar-refractivity contribution in [2.75, 3.05) is 6.61 Å². The first-order valence-corrected chi connectivity index (χ1v) is 6.77. The minimum absolute atomic E-state index is 0.303. The third-order valence-corrected chi connectivity index (χ3v) is 2.80. The molecule has 0 aromatic heterocycles. The molecule has 0 radical (unpaired) electrons. The number of hydrogen-bond donors (Lipinski definition) is 1. The second-order valence-electron chi connectivity index (χ2n) is 4.58. The Balaban J connectivity index is 2.40. The molecule has 0 fully saturated rings. The van der Waals surface area contributed by atoms with E-state index in [1.165, 1.54) is 24.3 Å². The van der Waals surface area contributed by atoms with E-state index in [1.54, 1.807) is 6.92 Å². The molecule has 0 bridgehead atoms. The van der Waals surface area contributed by atoms with Gasteiger partial charge in [0.1, 0.15) is 11.9 Å². The minimum Gasteiger partial charge on any atom is -0.464 e. The van der Waals surface area contributed by atoms with Crippen LogP contribution < -0.4 is 5.32 Å². The van der Waals surface area contributed by atoms with Gasteiger partial charge in [-0.3, -0.25) is 4.79 Å². The SMILES string of the molecule is CCCCCOC(=O)[C@H](C)NC(=O)c1ccc(F)cc1. The Morgan fingerprint density at radius 1 is 1.25 bits per heavy atom. The Morgan fingerprint density at radius 2 is 1.90 bits per heavy atom. The molecule has 0 aliphatic rings. The number of benzene rings is 1. The van der Waals surface area contributed by atoms with Crippen molar-refractivity contribution in [1.29, 1.82) is 0 Å². The number of esters is 1. The monoisotopic (exact) mass is 281 g/mol. The van der Waals surface area contributed by atoms with Crippen LogP contribution in [0.5, 0.6) is 0 Å². The third kappa shape index (κ3) is 5.38. The molecule has 1 aromatic rings. The zero-order valence-electron chi connectivity index (χ0n) is 11.8. The van der Waals surface area contributed by atoms with Crippen molar-refractivity contribution in [2.45, 2.75) is 39.2 Å². The van der Waals surface area contributed by atoms with Gasteiger partial charge in [-0.25, -0.2) is 9.18 Å². The number of ether oxygens (including phenoxy) is 1. The molecular formula is C15H20FNO3. The van der Waals surface area contributed by atoms with Gasteiger partial charge < -0.3 is 10.1 Å². The average Bonchev–Trinajstić information content (AvgIpc) is 2.44. The summed E-state index contributed by atoms with van der Waals surface area (Å²) < 4.78 is 17.8. The summed E-state index contributed by atoms with van der Waals surface area (Å²) in [6, 6.07) is 4.40. The predicted molar refractivity (Wildman–Crippen MR) is 73.8 cm³/mol. The van der Waals surface area contributed by atoms with Crippen LogP contribution in [0, 0.1) is 5.82 Å². The number of halogens is 1. The molecule has 0 heterocycles. The van der Waals surface area contributed by atoms with Crippen LogP contribution in [0.15, 0.2) is 24.3 Å². The van der Waals surface area contributed by atoms with Gasteiger partial charge in [-0.15, -0.1) is 0 Å². The maximum absolute atomic E-state index is 12.7. The van der Waals surface area contributed by atoms with E-state index in [2.05, 4.69) is 12.2 Å². The molecule has 0 unspecified atom stereocenters. The second-order valence-corrected chi connectivity index (χ2v) is 4.58. The van der Waals surface area contributed by atoms with Crippen molar-refractivity contribution in [3.63, 3.8) is 0 Å². The molecule has 110 valence electrons. The maximum Gasteiger partial charge on any atom is 0.328 e. The molecule has 0 saturated heterocycles. The van der Waals surface area contributed by atoms with Crippen molar-refractivity contribution >= 4 is 11.9 Å². The van der Waals surface area contributed by atoms with Crippen molar-refractivity contribution in [1.82, 2.24) is 5.32 Å². The fourth-order valence-electron chi connectivity index (χ4n) is 1.59. The summed E-state index contributed by atoms with van der Waals surface area (Å²) in [5.74, 6) is -1.30. The van der Waals surface area contributed by atoms with Crippen LogP contribution in [0.1, 0.15) is 43.5 Å². The summed E-state index contributed by atoms with van der Waals surface area (Å²) in [4.78, 5) is 23.4. The van der Waals surface area contributed by atoms with Crippen molar-refractivity contribution in [2.24, 2.45) is 0 Å². The van der Waals surface area contributed by atoms with Gasteiger partial charge in [0.25, 0.3) is 5.91 Å². The lowest BCUT2D eigenvalue weighted by Crippen LogP contribution is -2.39. The number of rotatable bonds is 7. The van der Waals surface area contributed by atoms with Gasteiger partial charge in [-0.05, 0) is 37.6 Å². The molecule has 0 aliphatic carbocycles. The fourth-order valence-corrected chi connectivity index (χ4v) is 1.59. The van der Waals surface area contributed by atoms with Crippen molar-refractivity contribution in [3.8, 4) is 0 Å². The van der Waals surface area contributed by atoms with E-state index in [9.17, 15) is 14.0 Å². The van der Waals surface area contributed by atoms with Crippen LogP contribution >= 0.6 is 0 Å². The second kappa shape index (κ2) is 8.30. The zero-order chi connectivity index (χ0) is 15.0. The highest BCUT2D eigenvalue weighted by molar-refractivity contribution is 5.96. The summed E-state index contributed by atoms with van der Waals surface area (Å²) >= 11 is 0. The predicted octanol–water partition coefficient (Wildman–Crippen LogP) is 2.68. The third-order valence-electron chi connectivity index (χ3n) is 2.80. The summed E-state index contributed by atoms with van der Waals surface area (Å²) in [7, 11) is 0. The van der Waals surface area contributed by atoms with Crippen LogP contribution in [-0.4, -0.2) is 24.5 Å². The van der Waals surface area contributed by atoms with Crippen LogP contribution in [0.2, 0.25) is 0 Å². The Morgan fingerprint density at radius 3 is 2.50 bits per heavy atom. The van der Waals surface area contributed by atoms with Gasteiger partial charge in [-0.1, -0.05) is 19.8 Å². The quantitative estimate of drug-likeness (QED) is 0.617. The molecule has 1 rings (SSSR count). The highest BCUT2D eigenvalue weighted by atomic mass is 19.1.